The van der Waals surface area contributed by atoms with E-state index < -0.39 is 0 Å². The second-order valence-electron chi connectivity index (χ2n) is 8.09. The molecule has 8 heteroatoms. The lowest BCUT2D eigenvalue weighted by Crippen LogP contribution is -2.53. The molecule has 0 radical (unpaired) electrons. The third-order valence-corrected chi connectivity index (χ3v) is 6.33. The Morgan fingerprint density at radius 3 is 2.58 bits per heavy atom. The number of piperidine rings is 1. The van der Waals surface area contributed by atoms with Gasteiger partial charge in [-0.1, -0.05) is 0 Å². The highest BCUT2D eigenvalue weighted by Gasteiger charge is 2.32. The van der Waals surface area contributed by atoms with Gasteiger partial charge in [-0.3, -0.25) is 4.79 Å². The Bertz CT molecular complexity index is 900. The number of hydrogen-bond donors (Lipinski definition) is 2. The Morgan fingerprint density at radius 1 is 1.26 bits per heavy atom. The maximum atomic E-state index is 12.9. The highest BCUT2D eigenvalue weighted by atomic mass is 79.9. The molecule has 6 nitrogen and oxygen atoms in total. The average Bonchev–Trinajstić information content (AvgIpc) is 2.75. The number of nitrogens with one attached hydrogen (secondary N) is 1. The molecule has 3 rings (SSSR count). The van der Waals surface area contributed by atoms with Crippen LogP contribution in [0.15, 0.2) is 40.9 Å². The Balaban J connectivity index is 1.45. The topological polar surface area (TPSA) is 76.8 Å². The number of carbonyl (C=O) groups excluding carboxylic acids is 1. The van der Waals surface area contributed by atoms with Crippen LogP contribution >= 0.6 is 15.9 Å². The van der Waals surface area contributed by atoms with Crippen LogP contribution in [0.4, 0.5) is 10.1 Å². The molecule has 1 aliphatic rings. The molecule has 0 spiro atoms. The van der Waals surface area contributed by atoms with E-state index in [4.69, 9.17) is 15.2 Å². The van der Waals surface area contributed by atoms with Crippen LogP contribution in [-0.2, 0) is 0 Å². The summed E-state index contributed by atoms with van der Waals surface area (Å²) in [5.41, 5.74) is 6.60. The molecule has 168 valence electrons. The third kappa shape index (κ3) is 6.33. The molecule has 0 atom stereocenters. The van der Waals surface area contributed by atoms with Gasteiger partial charge >= 0.3 is 0 Å². The zero-order valence-electron chi connectivity index (χ0n) is 17.9. The number of rotatable bonds is 8. The average molecular weight is 494 g/mol. The van der Waals surface area contributed by atoms with Crippen molar-refractivity contribution in [3.05, 3.63) is 52.3 Å². The molecule has 1 aliphatic heterocycles. The van der Waals surface area contributed by atoms with Crippen LogP contribution in [0, 0.1) is 5.82 Å². The van der Waals surface area contributed by atoms with E-state index in [1.807, 2.05) is 0 Å². The zero-order valence-corrected chi connectivity index (χ0v) is 19.5. The first kappa shape index (κ1) is 23.3. The number of nitrogens with two attached hydrogens (primary N) is 1. The fourth-order valence-electron chi connectivity index (χ4n) is 3.66. The Hall–Kier alpha value is -2.32. The SMILES string of the molecule is COc1cc(N)c(Br)cc1C(=O)NC1(C)CCN(CCCOc2ccc(F)cc2)CC1. The number of hydrogen-bond acceptors (Lipinski definition) is 5. The van der Waals surface area contributed by atoms with Gasteiger partial charge in [0.25, 0.3) is 5.91 Å². The largest absolute Gasteiger partial charge is 0.496 e. The number of anilines is 1. The number of benzene rings is 2. The van der Waals surface area contributed by atoms with Crippen LogP contribution in [0.1, 0.15) is 36.5 Å². The summed E-state index contributed by atoms with van der Waals surface area (Å²) in [5, 5.41) is 3.18. The number of likely N-dealkylation sites (tertiary alicyclic amines) is 1. The summed E-state index contributed by atoms with van der Waals surface area (Å²) < 4.78 is 24.6. The predicted octanol–water partition coefficient (Wildman–Crippen LogP) is 4.23. The minimum Gasteiger partial charge on any atom is -0.496 e. The van der Waals surface area contributed by atoms with Crippen molar-refractivity contribution in [1.82, 2.24) is 10.2 Å². The van der Waals surface area contributed by atoms with E-state index in [1.54, 1.807) is 24.3 Å². The van der Waals surface area contributed by atoms with Crippen molar-refractivity contribution in [1.29, 1.82) is 0 Å². The molecule has 0 aromatic heterocycles. The van der Waals surface area contributed by atoms with E-state index >= 15 is 0 Å². The predicted molar refractivity (Wildman–Crippen MR) is 123 cm³/mol. The normalized spacial score (nSPS) is 16.0. The van der Waals surface area contributed by atoms with Gasteiger partial charge in [-0.25, -0.2) is 4.39 Å². The Labute approximate surface area is 191 Å². The lowest BCUT2D eigenvalue weighted by molar-refractivity contribution is 0.0827. The first-order chi connectivity index (χ1) is 14.8. The molecule has 2 aromatic carbocycles. The smallest absolute Gasteiger partial charge is 0.255 e. The molecule has 1 fully saturated rings. The minimum atomic E-state index is -0.281. The standard InChI is InChI=1S/C23H29BrFN3O3/c1-23(27-22(29)18-14-19(24)20(26)15-21(18)30-2)8-11-28(12-9-23)10-3-13-31-17-6-4-16(25)5-7-17/h4-7,14-15H,3,8-13,26H2,1-2H3,(H,27,29). The first-order valence-electron chi connectivity index (χ1n) is 10.4. The van der Waals surface area contributed by atoms with Gasteiger partial charge in [0.2, 0.25) is 0 Å². The monoisotopic (exact) mass is 493 g/mol. The molecule has 1 saturated heterocycles. The van der Waals surface area contributed by atoms with Crippen LogP contribution in [0.3, 0.4) is 0 Å². The number of nitrogens with zero attached hydrogens (tertiary/aromatic N) is 1. The summed E-state index contributed by atoms with van der Waals surface area (Å²) >= 11 is 3.38. The molecule has 0 unspecified atom stereocenters. The van der Waals surface area contributed by atoms with Crippen molar-refractivity contribution in [2.45, 2.75) is 31.7 Å². The maximum Gasteiger partial charge on any atom is 0.255 e. The number of carbonyl (C=O) groups is 1. The lowest BCUT2D eigenvalue weighted by atomic mass is 9.89. The maximum absolute atomic E-state index is 12.9. The molecule has 31 heavy (non-hydrogen) atoms. The van der Waals surface area contributed by atoms with Gasteiger partial charge in [-0.2, -0.15) is 0 Å². The molecular weight excluding hydrogens is 465 g/mol. The highest BCUT2D eigenvalue weighted by molar-refractivity contribution is 9.10. The van der Waals surface area contributed by atoms with E-state index in [0.29, 0.717) is 33.8 Å². The van der Waals surface area contributed by atoms with E-state index in [0.717, 1.165) is 38.9 Å². The molecule has 2 aromatic rings. The molecular formula is C23H29BrFN3O3. The van der Waals surface area contributed by atoms with Crippen molar-refractivity contribution >= 4 is 27.5 Å². The summed E-state index contributed by atoms with van der Waals surface area (Å²) in [7, 11) is 1.53. The van der Waals surface area contributed by atoms with Gasteiger partial charge in [0.05, 0.1) is 19.3 Å². The van der Waals surface area contributed by atoms with Crippen molar-refractivity contribution < 1.29 is 18.7 Å². The Kier molecular flexibility index (Phi) is 7.78. The van der Waals surface area contributed by atoms with Crippen LogP contribution in [0.25, 0.3) is 0 Å². The van der Waals surface area contributed by atoms with Crippen LogP contribution in [-0.4, -0.2) is 49.7 Å². The van der Waals surface area contributed by atoms with Crippen LogP contribution < -0.4 is 20.5 Å². The first-order valence-corrected chi connectivity index (χ1v) is 11.2. The van der Waals surface area contributed by atoms with Crippen molar-refractivity contribution in [3.8, 4) is 11.5 Å². The summed E-state index contributed by atoms with van der Waals surface area (Å²) in [4.78, 5) is 15.3. The van der Waals surface area contributed by atoms with Crippen LogP contribution in [0.2, 0.25) is 0 Å². The quantitative estimate of drug-likeness (QED) is 0.424. The van der Waals surface area contributed by atoms with E-state index in [9.17, 15) is 9.18 Å². The fraction of sp³-hybridized carbons (Fsp3) is 0.435. The molecule has 0 saturated carbocycles. The number of nitrogen functional groups attached to an aromatic ring is 1. The molecule has 1 heterocycles. The second kappa shape index (κ2) is 10.3. The van der Waals surface area contributed by atoms with Gasteiger partial charge in [0, 0.05) is 41.4 Å². The van der Waals surface area contributed by atoms with Crippen LogP contribution in [0.5, 0.6) is 11.5 Å². The number of methoxy groups -OCH3 is 1. The highest BCUT2D eigenvalue weighted by Crippen LogP contribution is 2.30. The molecule has 0 aliphatic carbocycles. The summed E-state index contributed by atoms with van der Waals surface area (Å²) in [6.07, 6.45) is 2.60. The molecule has 0 bridgehead atoms. The number of ether oxygens (including phenoxy) is 2. The minimum absolute atomic E-state index is 0.166. The van der Waals surface area contributed by atoms with E-state index in [1.165, 1.54) is 19.2 Å². The van der Waals surface area contributed by atoms with Gasteiger partial charge < -0.3 is 25.4 Å². The lowest BCUT2D eigenvalue weighted by Gasteiger charge is -2.40. The fourth-order valence-corrected chi connectivity index (χ4v) is 4.00. The zero-order chi connectivity index (χ0) is 22.4. The van der Waals surface area contributed by atoms with Crippen molar-refractivity contribution in [2.75, 3.05) is 39.1 Å². The van der Waals surface area contributed by atoms with Crippen molar-refractivity contribution in [3.63, 3.8) is 0 Å². The molecule has 1 amide bonds. The van der Waals surface area contributed by atoms with Crippen molar-refractivity contribution in [2.24, 2.45) is 0 Å². The van der Waals surface area contributed by atoms with Gasteiger partial charge in [0.15, 0.2) is 0 Å². The Morgan fingerprint density at radius 2 is 1.94 bits per heavy atom. The van der Waals surface area contributed by atoms with Gasteiger partial charge in [0.1, 0.15) is 17.3 Å². The summed E-state index contributed by atoms with van der Waals surface area (Å²) in [5.74, 6) is 0.708. The van der Waals surface area contributed by atoms with E-state index in [-0.39, 0.29) is 17.3 Å². The molecule has 3 N–H and O–H groups in total. The second-order valence-corrected chi connectivity index (χ2v) is 8.94. The summed E-state index contributed by atoms with van der Waals surface area (Å²) in [6.45, 7) is 5.39. The van der Waals surface area contributed by atoms with Gasteiger partial charge in [-0.05, 0) is 72.4 Å². The summed E-state index contributed by atoms with van der Waals surface area (Å²) in [6, 6.07) is 9.42. The van der Waals surface area contributed by atoms with Gasteiger partial charge in [-0.15, -0.1) is 0 Å². The number of amides is 1. The number of halogens is 2. The third-order valence-electron chi connectivity index (χ3n) is 5.64. The van der Waals surface area contributed by atoms with E-state index in [2.05, 4.69) is 33.1 Å².